The van der Waals surface area contributed by atoms with Crippen LogP contribution in [0.15, 0.2) is 29.6 Å². The minimum absolute atomic E-state index is 0.107. The summed E-state index contributed by atoms with van der Waals surface area (Å²) in [7, 11) is 0. The molecule has 0 aliphatic carbocycles. The topological polar surface area (TPSA) is 45.1 Å². The predicted octanol–water partition coefficient (Wildman–Crippen LogP) is 3.59. The van der Waals surface area contributed by atoms with E-state index in [2.05, 4.69) is 17.2 Å². The molecule has 0 fully saturated rings. The number of aliphatic hydroxyl groups excluding tert-OH is 1. The molecular formula is C16H21FN2OS. The molecule has 0 saturated heterocycles. The lowest BCUT2D eigenvalue weighted by atomic mass is 9.97. The van der Waals surface area contributed by atoms with Crippen molar-refractivity contribution in [3.05, 3.63) is 41.2 Å². The van der Waals surface area contributed by atoms with Gasteiger partial charge in [-0.25, -0.2) is 9.37 Å². The normalized spacial score (nSPS) is 14.1. The summed E-state index contributed by atoms with van der Waals surface area (Å²) in [6.07, 6.45) is 1.93. The summed E-state index contributed by atoms with van der Waals surface area (Å²) in [5, 5.41) is 15.7. The number of aromatic nitrogens is 1. The first kappa shape index (κ1) is 16.1. The van der Waals surface area contributed by atoms with Crippen LogP contribution in [0.25, 0.3) is 10.6 Å². The first-order chi connectivity index (χ1) is 10.1. The largest absolute Gasteiger partial charge is 0.394 e. The van der Waals surface area contributed by atoms with Crippen LogP contribution in [0.3, 0.4) is 0 Å². The molecule has 2 rings (SSSR count). The van der Waals surface area contributed by atoms with E-state index in [0.29, 0.717) is 6.54 Å². The molecule has 0 radical (unpaired) electrons. The zero-order chi connectivity index (χ0) is 15.3. The molecule has 0 spiro atoms. The molecule has 0 amide bonds. The van der Waals surface area contributed by atoms with Gasteiger partial charge in [0.1, 0.15) is 10.8 Å². The number of rotatable bonds is 7. The lowest BCUT2D eigenvalue weighted by Crippen LogP contribution is -2.45. The van der Waals surface area contributed by atoms with Crippen molar-refractivity contribution in [3.8, 4) is 10.6 Å². The van der Waals surface area contributed by atoms with Gasteiger partial charge in [-0.1, -0.05) is 13.3 Å². The third-order valence-electron chi connectivity index (χ3n) is 3.49. The Labute approximate surface area is 128 Å². The van der Waals surface area contributed by atoms with Crippen LogP contribution in [0, 0.1) is 5.82 Å². The molecule has 1 aromatic carbocycles. The standard InChI is InChI=1S/C16H21FN2OS/c1-3-8-16(2,11-20)18-9-14-10-21-15(19-14)12-4-6-13(17)7-5-12/h4-7,10,18,20H,3,8-9,11H2,1-2H3. The van der Waals surface area contributed by atoms with Crippen LogP contribution in [0.5, 0.6) is 0 Å². The Kier molecular flexibility index (Phi) is 5.45. The van der Waals surface area contributed by atoms with Crippen molar-refractivity contribution in [2.75, 3.05) is 6.61 Å². The van der Waals surface area contributed by atoms with Crippen molar-refractivity contribution < 1.29 is 9.50 Å². The number of halogens is 1. The molecule has 2 aromatic rings. The molecule has 114 valence electrons. The van der Waals surface area contributed by atoms with Gasteiger partial charge < -0.3 is 10.4 Å². The van der Waals surface area contributed by atoms with Crippen LogP contribution < -0.4 is 5.32 Å². The lowest BCUT2D eigenvalue weighted by Gasteiger charge is -2.28. The highest BCUT2D eigenvalue weighted by Gasteiger charge is 2.21. The van der Waals surface area contributed by atoms with Crippen molar-refractivity contribution in [2.24, 2.45) is 0 Å². The summed E-state index contributed by atoms with van der Waals surface area (Å²) in [6.45, 7) is 4.85. The molecule has 1 atom stereocenters. The van der Waals surface area contributed by atoms with Crippen LogP contribution in [0.1, 0.15) is 32.4 Å². The van der Waals surface area contributed by atoms with E-state index in [0.717, 1.165) is 29.1 Å². The lowest BCUT2D eigenvalue weighted by molar-refractivity contribution is 0.163. The average molecular weight is 308 g/mol. The van der Waals surface area contributed by atoms with Gasteiger partial charge in [0, 0.05) is 23.0 Å². The first-order valence-corrected chi connectivity index (χ1v) is 8.00. The van der Waals surface area contributed by atoms with Crippen molar-refractivity contribution in [2.45, 2.75) is 38.8 Å². The quantitative estimate of drug-likeness (QED) is 0.821. The second-order valence-electron chi connectivity index (χ2n) is 5.47. The summed E-state index contributed by atoms with van der Waals surface area (Å²) in [5.41, 5.74) is 1.59. The van der Waals surface area contributed by atoms with E-state index in [9.17, 15) is 9.50 Å². The van der Waals surface area contributed by atoms with Gasteiger partial charge in [-0.2, -0.15) is 0 Å². The fourth-order valence-electron chi connectivity index (χ4n) is 2.19. The minimum Gasteiger partial charge on any atom is -0.394 e. The minimum atomic E-state index is -0.269. The maximum atomic E-state index is 12.9. The smallest absolute Gasteiger partial charge is 0.123 e. The van der Waals surface area contributed by atoms with Gasteiger partial charge >= 0.3 is 0 Å². The number of thiazole rings is 1. The average Bonchev–Trinajstić information content (AvgIpc) is 2.95. The fourth-order valence-corrected chi connectivity index (χ4v) is 3.02. The SMILES string of the molecule is CCCC(C)(CO)NCc1csc(-c2ccc(F)cc2)n1. The van der Waals surface area contributed by atoms with E-state index in [1.54, 1.807) is 23.5 Å². The molecule has 0 aliphatic rings. The van der Waals surface area contributed by atoms with Crippen LogP contribution in [0.4, 0.5) is 4.39 Å². The van der Waals surface area contributed by atoms with Crippen LogP contribution in [0.2, 0.25) is 0 Å². The maximum Gasteiger partial charge on any atom is 0.123 e. The summed E-state index contributed by atoms with van der Waals surface area (Å²) in [6, 6.07) is 6.36. The van der Waals surface area contributed by atoms with Crippen LogP contribution in [-0.4, -0.2) is 22.2 Å². The molecule has 0 saturated carbocycles. The van der Waals surface area contributed by atoms with Gasteiger partial charge in [0.05, 0.1) is 12.3 Å². The molecule has 1 unspecified atom stereocenters. The van der Waals surface area contributed by atoms with Gasteiger partial charge in [0.25, 0.3) is 0 Å². The summed E-state index contributed by atoms with van der Waals surface area (Å²) in [5.74, 6) is -0.240. The van der Waals surface area contributed by atoms with Crippen LogP contribution >= 0.6 is 11.3 Å². The van der Waals surface area contributed by atoms with Crippen molar-refractivity contribution in [3.63, 3.8) is 0 Å². The van der Waals surface area contributed by atoms with Gasteiger partial charge in [-0.15, -0.1) is 11.3 Å². The summed E-state index contributed by atoms with van der Waals surface area (Å²) < 4.78 is 12.9. The Morgan fingerprint density at radius 1 is 1.33 bits per heavy atom. The van der Waals surface area contributed by atoms with Gasteiger partial charge in [-0.05, 0) is 37.6 Å². The third-order valence-corrected chi connectivity index (χ3v) is 4.43. The molecule has 3 nitrogen and oxygen atoms in total. The number of hydrogen-bond donors (Lipinski definition) is 2. The Bertz CT molecular complexity index is 570. The van der Waals surface area contributed by atoms with E-state index >= 15 is 0 Å². The highest BCUT2D eigenvalue weighted by molar-refractivity contribution is 7.13. The monoisotopic (exact) mass is 308 g/mol. The zero-order valence-electron chi connectivity index (χ0n) is 12.4. The highest BCUT2D eigenvalue weighted by Crippen LogP contribution is 2.24. The van der Waals surface area contributed by atoms with Crippen molar-refractivity contribution in [1.82, 2.24) is 10.3 Å². The Balaban J connectivity index is 2.02. The van der Waals surface area contributed by atoms with E-state index < -0.39 is 0 Å². The second-order valence-corrected chi connectivity index (χ2v) is 6.33. The van der Waals surface area contributed by atoms with Gasteiger partial charge in [0.15, 0.2) is 0 Å². The predicted molar refractivity (Wildman–Crippen MR) is 84.7 cm³/mol. The Morgan fingerprint density at radius 3 is 2.67 bits per heavy atom. The molecule has 2 N–H and O–H groups in total. The first-order valence-electron chi connectivity index (χ1n) is 7.12. The molecule has 0 bridgehead atoms. The number of nitrogens with one attached hydrogen (secondary N) is 1. The zero-order valence-corrected chi connectivity index (χ0v) is 13.2. The number of hydrogen-bond acceptors (Lipinski definition) is 4. The number of aliphatic hydroxyl groups is 1. The second kappa shape index (κ2) is 7.11. The Hall–Kier alpha value is -1.30. The van der Waals surface area contributed by atoms with E-state index in [4.69, 9.17) is 0 Å². The summed E-state index contributed by atoms with van der Waals surface area (Å²) >= 11 is 1.54. The number of nitrogens with zero attached hydrogens (tertiary/aromatic N) is 1. The van der Waals surface area contributed by atoms with Crippen LogP contribution in [-0.2, 0) is 6.54 Å². The fraction of sp³-hybridized carbons (Fsp3) is 0.438. The molecule has 1 aromatic heterocycles. The third kappa shape index (κ3) is 4.33. The number of benzene rings is 1. The molecule has 5 heteroatoms. The van der Waals surface area contributed by atoms with Crippen molar-refractivity contribution >= 4 is 11.3 Å². The van der Waals surface area contributed by atoms with E-state index in [-0.39, 0.29) is 18.0 Å². The van der Waals surface area contributed by atoms with E-state index in [1.807, 2.05) is 12.3 Å². The molecular weight excluding hydrogens is 287 g/mol. The maximum absolute atomic E-state index is 12.9. The summed E-state index contributed by atoms with van der Waals surface area (Å²) in [4.78, 5) is 4.56. The van der Waals surface area contributed by atoms with Crippen molar-refractivity contribution in [1.29, 1.82) is 0 Å². The van der Waals surface area contributed by atoms with Gasteiger partial charge in [-0.3, -0.25) is 0 Å². The van der Waals surface area contributed by atoms with Gasteiger partial charge in [0.2, 0.25) is 0 Å². The molecule has 0 aliphatic heterocycles. The Morgan fingerprint density at radius 2 is 2.05 bits per heavy atom. The molecule has 1 heterocycles. The molecule has 21 heavy (non-hydrogen) atoms. The van der Waals surface area contributed by atoms with E-state index in [1.165, 1.54) is 12.1 Å². The highest BCUT2D eigenvalue weighted by atomic mass is 32.1.